The Bertz CT molecular complexity index is 1310. The van der Waals surface area contributed by atoms with Gasteiger partial charge in [-0.15, -0.1) is 0 Å². The van der Waals surface area contributed by atoms with Crippen molar-refractivity contribution in [3.05, 3.63) is 82.9 Å². The third kappa shape index (κ3) is 4.18. The van der Waals surface area contributed by atoms with Crippen molar-refractivity contribution in [3.8, 4) is 11.4 Å². The van der Waals surface area contributed by atoms with Crippen LogP contribution >= 0.6 is 0 Å². The maximum absolute atomic E-state index is 13.7. The van der Waals surface area contributed by atoms with Crippen molar-refractivity contribution in [2.75, 3.05) is 6.61 Å². The molecule has 32 heavy (non-hydrogen) atoms. The fourth-order valence-corrected chi connectivity index (χ4v) is 3.60. The molecular weight excluding hydrogens is 410 g/mol. The number of amides is 1. The molecule has 164 valence electrons. The molecule has 0 spiro atoms. The minimum atomic E-state index is -1.20. The number of benzene rings is 2. The van der Waals surface area contributed by atoms with Gasteiger partial charge < -0.3 is 19.7 Å². The number of ether oxygens (including phenoxy) is 1. The molecule has 0 fully saturated rings. The molecule has 0 saturated carbocycles. The Hall–Kier alpha value is -4.14. The summed E-state index contributed by atoms with van der Waals surface area (Å²) in [5.74, 6) is 1.60. The first-order valence-electron chi connectivity index (χ1n) is 10.2. The lowest BCUT2D eigenvalue weighted by molar-refractivity contribution is 0.190. The Labute approximate surface area is 183 Å². The van der Waals surface area contributed by atoms with Crippen LogP contribution in [0, 0.1) is 6.92 Å². The van der Waals surface area contributed by atoms with Gasteiger partial charge in [-0.1, -0.05) is 24.3 Å². The number of carbonyl (C=O) groups is 1. The van der Waals surface area contributed by atoms with Gasteiger partial charge in [0, 0.05) is 12.4 Å². The van der Waals surface area contributed by atoms with Gasteiger partial charge in [-0.2, -0.15) is 0 Å². The standard InChI is InChI=1S/C23H23N5O4/c1-15(25-23(30)31)21-26-18-9-6-10-19(32-14-13-27-12-11-24-16(27)2)20(18)22(29)28(21)17-7-4-3-5-8-17/h3-12,15,25H,13-14H2,1-2H3,(H,30,31). The molecule has 1 atom stereocenters. The fraction of sp³-hybridized carbons (Fsp3) is 0.217. The number of rotatable bonds is 7. The van der Waals surface area contributed by atoms with E-state index in [2.05, 4.69) is 15.3 Å². The van der Waals surface area contributed by atoms with Crippen LogP contribution in [-0.2, 0) is 6.54 Å². The van der Waals surface area contributed by atoms with Gasteiger partial charge in [0.05, 0.1) is 23.8 Å². The molecule has 2 aromatic carbocycles. The fourth-order valence-electron chi connectivity index (χ4n) is 3.60. The van der Waals surface area contributed by atoms with E-state index < -0.39 is 12.1 Å². The van der Waals surface area contributed by atoms with E-state index in [1.54, 1.807) is 55.6 Å². The Balaban J connectivity index is 1.80. The smallest absolute Gasteiger partial charge is 0.405 e. The lowest BCUT2D eigenvalue weighted by Gasteiger charge is -2.19. The van der Waals surface area contributed by atoms with Crippen molar-refractivity contribution in [2.24, 2.45) is 0 Å². The molecule has 2 aromatic heterocycles. The molecule has 9 nitrogen and oxygen atoms in total. The van der Waals surface area contributed by atoms with Crippen LogP contribution in [0.5, 0.6) is 5.75 Å². The van der Waals surface area contributed by atoms with Crippen molar-refractivity contribution in [2.45, 2.75) is 26.4 Å². The Morgan fingerprint density at radius 2 is 1.97 bits per heavy atom. The van der Waals surface area contributed by atoms with Gasteiger partial charge in [-0.05, 0) is 38.1 Å². The maximum atomic E-state index is 13.7. The number of aryl methyl sites for hydroxylation is 1. The maximum Gasteiger partial charge on any atom is 0.405 e. The third-order valence-corrected chi connectivity index (χ3v) is 5.14. The van der Waals surface area contributed by atoms with E-state index in [-0.39, 0.29) is 5.56 Å². The number of nitrogens with zero attached hydrogens (tertiary/aromatic N) is 4. The number of hydrogen-bond acceptors (Lipinski definition) is 5. The summed E-state index contributed by atoms with van der Waals surface area (Å²) < 4.78 is 9.36. The van der Waals surface area contributed by atoms with Crippen LogP contribution in [0.4, 0.5) is 4.79 Å². The van der Waals surface area contributed by atoms with Crippen LogP contribution in [0.1, 0.15) is 24.6 Å². The minimum Gasteiger partial charge on any atom is -0.491 e. The Kier molecular flexibility index (Phi) is 5.89. The number of carboxylic acid groups (broad SMARTS) is 1. The van der Waals surface area contributed by atoms with E-state index in [0.717, 1.165) is 5.82 Å². The van der Waals surface area contributed by atoms with Gasteiger partial charge in [0.25, 0.3) is 5.56 Å². The van der Waals surface area contributed by atoms with Gasteiger partial charge in [0.2, 0.25) is 0 Å². The summed E-state index contributed by atoms with van der Waals surface area (Å²) in [6, 6.07) is 13.5. The molecule has 0 aliphatic rings. The second kappa shape index (κ2) is 8.93. The lowest BCUT2D eigenvalue weighted by atomic mass is 10.2. The number of fused-ring (bicyclic) bond motifs is 1. The first kappa shape index (κ1) is 21.1. The first-order valence-corrected chi connectivity index (χ1v) is 10.2. The van der Waals surface area contributed by atoms with Crippen molar-refractivity contribution < 1.29 is 14.6 Å². The van der Waals surface area contributed by atoms with Gasteiger partial charge in [0.15, 0.2) is 0 Å². The predicted molar refractivity (Wildman–Crippen MR) is 119 cm³/mol. The predicted octanol–water partition coefficient (Wildman–Crippen LogP) is 3.30. The van der Waals surface area contributed by atoms with Crippen LogP contribution < -0.4 is 15.6 Å². The van der Waals surface area contributed by atoms with Crippen LogP contribution in [0.2, 0.25) is 0 Å². The summed E-state index contributed by atoms with van der Waals surface area (Å²) in [4.78, 5) is 33.7. The van der Waals surface area contributed by atoms with Gasteiger partial charge in [0.1, 0.15) is 29.4 Å². The molecule has 1 amide bonds. The number of imidazole rings is 1. The highest BCUT2D eigenvalue weighted by atomic mass is 16.5. The highest BCUT2D eigenvalue weighted by Gasteiger charge is 2.21. The quantitative estimate of drug-likeness (QED) is 0.463. The van der Waals surface area contributed by atoms with Crippen LogP contribution in [0.25, 0.3) is 16.6 Å². The number of hydrogen-bond donors (Lipinski definition) is 2. The molecule has 4 aromatic rings. The van der Waals surface area contributed by atoms with Crippen LogP contribution in [0.3, 0.4) is 0 Å². The summed E-state index contributed by atoms with van der Waals surface area (Å²) in [7, 11) is 0. The third-order valence-electron chi connectivity index (χ3n) is 5.14. The molecule has 4 rings (SSSR count). The van der Waals surface area contributed by atoms with Gasteiger partial charge in [-0.25, -0.2) is 14.8 Å². The van der Waals surface area contributed by atoms with Crippen LogP contribution in [0.15, 0.2) is 65.7 Å². The molecule has 2 N–H and O–H groups in total. The monoisotopic (exact) mass is 433 g/mol. The van der Waals surface area contributed by atoms with E-state index in [9.17, 15) is 14.7 Å². The molecule has 0 aliphatic heterocycles. The normalized spacial score (nSPS) is 11.9. The molecule has 0 bridgehead atoms. The second-order valence-corrected chi connectivity index (χ2v) is 7.28. The summed E-state index contributed by atoms with van der Waals surface area (Å²) in [5, 5.41) is 11.9. The average molecular weight is 433 g/mol. The molecule has 2 heterocycles. The zero-order valence-corrected chi connectivity index (χ0v) is 17.7. The van der Waals surface area contributed by atoms with Crippen molar-refractivity contribution in [1.82, 2.24) is 24.4 Å². The van der Waals surface area contributed by atoms with E-state index >= 15 is 0 Å². The minimum absolute atomic E-state index is 0.294. The molecule has 9 heteroatoms. The first-order chi connectivity index (χ1) is 15.5. The highest BCUT2D eigenvalue weighted by Crippen LogP contribution is 2.24. The average Bonchev–Trinajstić information content (AvgIpc) is 3.18. The largest absolute Gasteiger partial charge is 0.491 e. The second-order valence-electron chi connectivity index (χ2n) is 7.28. The van der Waals surface area contributed by atoms with Gasteiger partial charge in [-0.3, -0.25) is 9.36 Å². The van der Waals surface area contributed by atoms with E-state index in [1.165, 1.54) is 4.57 Å². The molecule has 0 saturated heterocycles. The summed E-state index contributed by atoms with van der Waals surface area (Å²) in [5.41, 5.74) is 0.696. The molecule has 1 unspecified atom stereocenters. The summed E-state index contributed by atoms with van der Waals surface area (Å²) >= 11 is 0. The van der Waals surface area contributed by atoms with Gasteiger partial charge >= 0.3 is 6.09 Å². The highest BCUT2D eigenvalue weighted by molar-refractivity contribution is 5.84. The SMILES string of the molecule is Cc1nccn1CCOc1cccc2nc(C(C)NC(=O)O)n(-c3ccccc3)c(=O)c12. The van der Waals surface area contributed by atoms with Crippen molar-refractivity contribution in [1.29, 1.82) is 0 Å². The molecular formula is C23H23N5O4. The topological polar surface area (TPSA) is 111 Å². The number of nitrogens with one attached hydrogen (secondary N) is 1. The van der Waals surface area contributed by atoms with Crippen LogP contribution in [-0.4, -0.2) is 36.9 Å². The Morgan fingerprint density at radius 3 is 2.66 bits per heavy atom. The molecule has 0 radical (unpaired) electrons. The zero-order chi connectivity index (χ0) is 22.7. The van der Waals surface area contributed by atoms with Crippen molar-refractivity contribution in [3.63, 3.8) is 0 Å². The summed E-state index contributed by atoms with van der Waals surface area (Å²) in [6.45, 7) is 4.49. The number of para-hydroxylation sites is 1. The number of aromatic nitrogens is 4. The zero-order valence-electron chi connectivity index (χ0n) is 17.7. The van der Waals surface area contributed by atoms with E-state index in [4.69, 9.17) is 4.74 Å². The van der Waals surface area contributed by atoms with E-state index in [1.807, 2.05) is 23.8 Å². The summed E-state index contributed by atoms with van der Waals surface area (Å²) in [6.07, 6.45) is 2.40. The molecule has 0 aliphatic carbocycles. The lowest BCUT2D eigenvalue weighted by Crippen LogP contribution is -2.32. The van der Waals surface area contributed by atoms with Crippen molar-refractivity contribution >= 4 is 17.0 Å². The Morgan fingerprint density at radius 1 is 1.19 bits per heavy atom. The van der Waals surface area contributed by atoms with E-state index in [0.29, 0.717) is 41.3 Å².